The lowest BCUT2D eigenvalue weighted by molar-refractivity contribution is -0.139. The molecular weight excluding hydrogens is 366 g/mol. The number of ether oxygens (including phenoxy) is 1. The van der Waals surface area contributed by atoms with E-state index in [9.17, 15) is 9.59 Å². The predicted octanol–water partition coefficient (Wildman–Crippen LogP) is 3.21. The average Bonchev–Trinajstić information content (AvgIpc) is 2.99. The third-order valence-electron chi connectivity index (χ3n) is 3.07. The summed E-state index contributed by atoms with van der Waals surface area (Å²) in [6, 6.07) is 9.52. The number of carbonyl (C=O) groups is 2. The van der Waals surface area contributed by atoms with Gasteiger partial charge in [-0.25, -0.2) is 4.79 Å². The zero-order valence-corrected chi connectivity index (χ0v) is 14.0. The van der Waals surface area contributed by atoms with E-state index in [0.29, 0.717) is 17.9 Å². The molecule has 0 saturated heterocycles. The Morgan fingerprint density at radius 2 is 2.13 bits per heavy atom. The first kappa shape index (κ1) is 17.1. The van der Waals surface area contributed by atoms with Crippen molar-refractivity contribution in [1.29, 1.82) is 0 Å². The molecule has 0 bridgehead atoms. The van der Waals surface area contributed by atoms with Crippen LogP contribution in [0.2, 0.25) is 0 Å². The second-order valence-corrected chi connectivity index (χ2v) is 5.70. The molecule has 1 unspecified atom stereocenters. The Morgan fingerprint density at radius 3 is 2.78 bits per heavy atom. The monoisotopic (exact) mass is 381 g/mol. The first-order valence-corrected chi connectivity index (χ1v) is 7.79. The number of amides is 1. The maximum Gasteiger partial charge on any atom is 0.326 e. The van der Waals surface area contributed by atoms with E-state index in [-0.39, 0.29) is 12.4 Å². The number of carbonyl (C=O) groups excluding carboxylic acids is 1. The molecule has 2 rings (SSSR count). The first-order valence-electron chi connectivity index (χ1n) is 7.00. The molecule has 2 aromatic rings. The minimum atomic E-state index is -1.08. The highest BCUT2D eigenvalue weighted by Crippen LogP contribution is 2.19. The smallest absolute Gasteiger partial charge is 0.326 e. The lowest BCUT2D eigenvalue weighted by Gasteiger charge is -2.10. The summed E-state index contributed by atoms with van der Waals surface area (Å²) in [7, 11) is 0. The topological polar surface area (TPSA) is 88.8 Å². The maximum absolute atomic E-state index is 11.9. The Kier molecular flexibility index (Phi) is 5.81. The van der Waals surface area contributed by atoms with Crippen molar-refractivity contribution in [2.75, 3.05) is 0 Å². The first-order chi connectivity index (χ1) is 11.0. The number of halogens is 1. The second-order valence-electron chi connectivity index (χ2n) is 4.78. The molecular formula is C16H16BrNO5. The predicted molar refractivity (Wildman–Crippen MR) is 86.4 cm³/mol. The number of hydrogen-bond donors (Lipinski definition) is 2. The van der Waals surface area contributed by atoms with Crippen LogP contribution in [0.5, 0.6) is 5.75 Å². The quantitative estimate of drug-likeness (QED) is 0.768. The van der Waals surface area contributed by atoms with Crippen LogP contribution in [-0.2, 0) is 11.4 Å². The van der Waals surface area contributed by atoms with Crippen LogP contribution in [0.25, 0.3) is 0 Å². The van der Waals surface area contributed by atoms with Gasteiger partial charge in [0.2, 0.25) is 0 Å². The van der Waals surface area contributed by atoms with Gasteiger partial charge in [0.05, 0.1) is 0 Å². The van der Waals surface area contributed by atoms with E-state index in [1.165, 1.54) is 6.07 Å². The van der Waals surface area contributed by atoms with Crippen molar-refractivity contribution in [2.45, 2.75) is 26.0 Å². The second kappa shape index (κ2) is 7.82. The number of carboxylic acids is 1. The van der Waals surface area contributed by atoms with Crippen LogP contribution in [0.3, 0.4) is 0 Å². The number of benzene rings is 1. The molecule has 6 nitrogen and oxygen atoms in total. The molecule has 0 radical (unpaired) electrons. The molecule has 0 aliphatic heterocycles. The van der Waals surface area contributed by atoms with Gasteiger partial charge >= 0.3 is 5.97 Å². The molecule has 1 aromatic carbocycles. The van der Waals surface area contributed by atoms with E-state index in [1.54, 1.807) is 19.1 Å². The number of furan rings is 1. The lowest BCUT2D eigenvalue weighted by Crippen LogP contribution is -2.40. The number of rotatable bonds is 7. The molecule has 1 amide bonds. The number of hydrogen-bond acceptors (Lipinski definition) is 4. The minimum Gasteiger partial charge on any atom is -0.486 e. The van der Waals surface area contributed by atoms with Crippen molar-refractivity contribution in [3.05, 3.63) is 52.4 Å². The molecule has 0 fully saturated rings. The molecule has 1 atom stereocenters. The van der Waals surface area contributed by atoms with Gasteiger partial charge in [-0.1, -0.05) is 28.9 Å². The summed E-state index contributed by atoms with van der Waals surface area (Å²) in [5, 5.41) is 11.3. The van der Waals surface area contributed by atoms with Crippen LogP contribution in [0.4, 0.5) is 0 Å². The Morgan fingerprint density at radius 1 is 1.35 bits per heavy atom. The van der Waals surface area contributed by atoms with E-state index < -0.39 is 17.9 Å². The van der Waals surface area contributed by atoms with E-state index in [1.807, 2.05) is 18.2 Å². The molecule has 23 heavy (non-hydrogen) atoms. The molecule has 1 aromatic heterocycles. The Hall–Kier alpha value is -2.28. The summed E-state index contributed by atoms with van der Waals surface area (Å²) >= 11 is 3.35. The molecule has 7 heteroatoms. The molecule has 0 aliphatic carbocycles. The van der Waals surface area contributed by atoms with Crippen LogP contribution in [0.1, 0.15) is 29.7 Å². The summed E-state index contributed by atoms with van der Waals surface area (Å²) < 4.78 is 11.8. The normalized spacial score (nSPS) is 11.7. The molecule has 1 heterocycles. The third kappa shape index (κ3) is 4.85. The highest BCUT2D eigenvalue weighted by Gasteiger charge is 2.20. The van der Waals surface area contributed by atoms with Gasteiger partial charge in [0.1, 0.15) is 24.2 Å². The lowest BCUT2D eigenvalue weighted by atomic mass is 10.2. The Balaban J connectivity index is 1.94. The van der Waals surface area contributed by atoms with Crippen molar-refractivity contribution >= 4 is 27.8 Å². The molecule has 0 aliphatic rings. The summed E-state index contributed by atoms with van der Waals surface area (Å²) in [5.41, 5.74) is 0. The Bertz CT molecular complexity index is 697. The van der Waals surface area contributed by atoms with Gasteiger partial charge < -0.3 is 19.6 Å². The van der Waals surface area contributed by atoms with Crippen LogP contribution in [-0.4, -0.2) is 23.0 Å². The van der Waals surface area contributed by atoms with Gasteiger partial charge in [-0.05, 0) is 36.8 Å². The minimum absolute atomic E-state index is 0.0533. The SMILES string of the molecule is CCC(NC(=O)c1ccc(COc2cccc(Br)c2)o1)C(=O)O. The van der Waals surface area contributed by atoms with Crippen molar-refractivity contribution in [1.82, 2.24) is 5.32 Å². The van der Waals surface area contributed by atoms with Crippen LogP contribution < -0.4 is 10.1 Å². The molecule has 2 N–H and O–H groups in total. The van der Waals surface area contributed by atoms with Gasteiger partial charge in [0.15, 0.2) is 5.76 Å². The van der Waals surface area contributed by atoms with Crippen molar-refractivity contribution in [3.8, 4) is 5.75 Å². The molecule has 0 spiro atoms. The third-order valence-corrected chi connectivity index (χ3v) is 3.57. The Labute approximate surface area is 141 Å². The van der Waals surface area contributed by atoms with Crippen molar-refractivity contribution in [3.63, 3.8) is 0 Å². The largest absolute Gasteiger partial charge is 0.486 e. The fraction of sp³-hybridized carbons (Fsp3) is 0.250. The van der Waals surface area contributed by atoms with Gasteiger partial charge in [0.25, 0.3) is 5.91 Å². The van der Waals surface area contributed by atoms with Crippen molar-refractivity contribution in [2.24, 2.45) is 0 Å². The van der Waals surface area contributed by atoms with Gasteiger partial charge in [-0.3, -0.25) is 4.79 Å². The number of aliphatic carboxylic acids is 1. The standard InChI is InChI=1S/C16H16BrNO5/c1-2-13(16(20)21)18-15(19)14-7-6-12(23-14)9-22-11-5-3-4-10(17)8-11/h3-8,13H,2,9H2,1H3,(H,18,19)(H,20,21). The fourth-order valence-corrected chi connectivity index (χ4v) is 2.23. The molecule has 0 saturated carbocycles. The van der Waals surface area contributed by atoms with E-state index in [0.717, 1.165) is 4.47 Å². The zero-order chi connectivity index (χ0) is 16.8. The van der Waals surface area contributed by atoms with E-state index in [2.05, 4.69) is 21.2 Å². The summed E-state index contributed by atoms with van der Waals surface area (Å²) in [5.74, 6) is -0.451. The van der Waals surface area contributed by atoms with Gasteiger partial charge in [0, 0.05) is 4.47 Å². The maximum atomic E-state index is 11.9. The van der Waals surface area contributed by atoms with Gasteiger partial charge in [-0.2, -0.15) is 0 Å². The van der Waals surface area contributed by atoms with Crippen LogP contribution in [0, 0.1) is 0 Å². The summed E-state index contributed by atoms with van der Waals surface area (Å²) in [4.78, 5) is 22.9. The highest BCUT2D eigenvalue weighted by atomic mass is 79.9. The fourth-order valence-electron chi connectivity index (χ4n) is 1.86. The summed E-state index contributed by atoms with van der Waals surface area (Å²) in [6.45, 7) is 1.85. The molecule has 122 valence electrons. The average molecular weight is 382 g/mol. The number of nitrogens with one attached hydrogen (secondary N) is 1. The van der Waals surface area contributed by atoms with Crippen LogP contribution in [0.15, 0.2) is 45.3 Å². The van der Waals surface area contributed by atoms with E-state index in [4.69, 9.17) is 14.3 Å². The summed E-state index contributed by atoms with van der Waals surface area (Å²) in [6.07, 6.45) is 0.292. The number of carboxylic acid groups (broad SMARTS) is 1. The van der Waals surface area contributed by atoms with Gasteiger partial charge in [-0.15, -0.1) is 0 Å². The highest BCUT2D eigenvalue weighted by molar-refractivity contribution is 9.10. The van der Waals surface area contributed by atoms with E-state index >= 15 is 0 Å². The van der Waals surface area contributed by atoms with Crippen LogP contribution >= 0.6 is 15.9 Å². The zero-order valence-electron chi connectivity index (χ0n) is 12.4. The van der Waals surface area contributed by atoms with Crippen molar-refractivity contribution < 1.29 is 23.8 Å².